The summed E-state index contributed by atoms with van der Waals surface area (Å²) in [7, 11) is 3.44. The van der Waals surface area contributed by atoms with Crippen molar-refractivity contribution in [1.82, 2.24) is 10.2 Å². The third kappa shape index (κ3) is 4.23. The number of primary amides is 1. The molecule has 1 fully saturated rings. The number of ketones is 2. The molecule has 0 saturated heterocycles. The lowest BCUT2D eigenvalue weighted by atomic mass is 9.56. The first-order chi connectivity index (χ1) is 19.8. The number of aliphatic hydroxyl groups is 2. The fourth-order valence-corrected chi connectivity index (χ4v) is 7.02. The van der Waals surface area contributed by atoms with Crippen LogP contribution in [0.25, 0.3) is 16.9 Å². The van der Waals surface area contributed by atoms with Crippen molar-refractivity contribution in [1.29, 1.82) is 0 Å². The maximum absolute atomic E-state index is 14.0. The zero-order valence-corrected chi connectivity index (χ0v) is 23.6. The Hall–Kier alpha value is -4.32. The summed E-state index contributed by atoms with van der Waals surface area (Å²) in [5, 5.41) is 36.9. The molecule has 220 valence electrons. The summed E-state index contributed by atoms with van der Waals surface area (Å²) in [5.41, 5.74) is 10.5. The number of Topliss-reactive ketones (excluding diaryl/α,β-unsaturated/α-hetero) is 2. The predicted molar refractivity (Wildman–Crippen MR) is 154 cm³/mol. The van der Waals surface area contributed by atoms with Crippen molar-refractivity contribution in [2.75, 3.05) is 27.2 Å². The first-order valence-corrected chi connectivity index (χ1v) is 13.7. The van der Waals surface area contributed by atoms with Crippen molar-refractivity contribution in [3.8, 4) is 16.9 Å². The molecule has 0 bridgehead atoms. The Bertz CT molecular complexity index is 1610. The third-order valence-corrected chi connectivity index (χ3v) is 8.77. The molecule has 11 heteroatoms. The number of carbonyl (C=O) groups excluding carboxylic acids is 4. The topological polar surface area (TPSA) is 196 Å². The van der Waals surface area contributed by atoms with Crippen LogP contribution in [0.5, 0.6) is 5.75 Å². The molecule has 8 N–H and O–H groups in total. The van der Waals surface area contributed by atoms with Gasteiger partial charge in [0, 0.05) is 36.2 Å². The smallest absolute Gasteiger partial charge is 0.252 e. The molecule has 2 aromatic carbocycles. The number of rotatable bonds is 6. The lowest BCUT2D eigenvalue weighted by Crippen LogP contribution is -2.66. The molecule has 0 heterocycles. The number of aliphatic hydroxyl groups excluding tert-OH is 1. The van der Waals surface area contributed by atoms with Gasteiger partial charge in [-0.1, -0.05) is 18.2 Å². The number of benzene rings is 2. The van der Waals surface area contributed by atoms with Gasteiger partial charge in [0.05, 0.1) is 11.1 Å². The number of carbonyl (C=O) groups is 4. The molecule has 0 unspecified atom stereocenters. The summed E-state index contributed by atoms with van der Waals surface area (Å²) in [5.74, 6) is -5.77. The first-order valence-electron chi connectivity index (χ1n) is 13.7. The largest absolute Gasteiger partial charge is 0.507 e. The highest BCUT2D eigenvalue weighted by Crippen LogP contribution is 2.53. The van der Waals surface area contributed by atoms with Gasteiger partial charge in [-0.25, -0.2) is 0 Å². The van der Waals surface area contributed by atoms with Gasteiger partial charge in [0.15, 0.2) is 5.60 Å². The number of hydrogen-bond donors (Lipinski definition) is 6. The molecular formula is C31H34N4O7. The number of phenolic OH excluding ortho intramolecular Hbond substituents is 1. The Morgan fingerprint density at radius 1 is 1.12 bits per heavy atom. The Balaban J connectivity index is 1.66. The van der Waals surface area contributed by atoms with Gasteiger partial charge in [-0.2, -0.15) is 0 Å². The summed E-state index contributed by atoms with van der Waals surface area (Å²) >= 11 is 0. The van der Waals surface area contributed by atoms with Gasteiger partial charge >= 0.3 is 0 Å². The number of fused-ring (bicyclic) bond motifs is 3. The van der Waals surface area contributed by atoms with Crippen molar-refractivity contribution in [2.24, 2.45) is 23.3 Å². The van der Waals surface area contributed by atoms with Crippen LogP contribution in [0.2, 0.25) is 0 Å². The van der Waals surface area contributed by atoms with Crippen molar-refractivity contribution in [3.05, 3.63) is 69.8 Å². The Morgan fingerprint density at radius 3 is 2.48 bits per heavy atom. The summed E-state index contributed by atoms with van der Waals surface area (Å²) in [6, 6.07) is 9.29. The van der Waals surface area contributed by atoms with Crippen LogP contribution in [0.15, 0.2) is 53.1 Å². The molecule has 2 amide bonds. The molecule has 5 rings (SSSR count). The van der Waals surface area contributed by atoms with E-state index in [4.69, 9.17) is 11.5 Å². The minimum absolute atomic E-state index is 0.0152. The van der Waals surface area contributed by atoms with E-state index < -0.39 is 52.3 Å². The van der Waals surface area contributed by atoms with Crippen LogP contribution in [0.3, 0.4) is 0 Å². The minimum atomic E-state index is -2.62. The van der Waals surface area contributed by atoms with Crippen LogP contribution in [0, 0.1) is 11.8 Å². The molecule has 11 nitrogen and oxygen atoms in total. The van der Waals surface area contributed by atoms with Crippen LogP contribution >= 0.6 is 0 Å². The zero-order valence-electron chi connectivity index (χ0n) is 23.6. The second kappa shape index (κ2) is 10.5. The maximum atomic E-state index is 14.0. The fraction of sp³-hybridized carbons (Fsp3) is 0.355. The molecule has 0 aromatic heterocycles. The Kier molecular flexibility index (Phi) is 7.30. The lowest BCUT2D eigenvalue weighted by Gasteiger charge is -2.51. The highest BCUT2D eigenvalue weighted by molar-refractivity contribution is 6.33. The predicted octanol–water partition coefficient (Wildman–Crippen LogP) is 0.824. The number of nitrogens with zero attached hydrogens (tertiary/aromatic N) is 1. The fourth-order valence-electron chi connectivity index (χ4n) is 7.02. The van der Waals surface area contributed by atoms with E-state index in [1.807, 2.05) is 0 Å². The van der Waals surface area contributed by atoms with Gasteiger partial charge in [-0.05, 0) is 80.2 Å². The normalized spacial score (nSPS) is 25.2. The van der Waals surface area contributed by atoms with Crippen LogP contribution in [0.4, 0.5) is 0 Å². The van der Waals surface area contributed by atoms with Crippen molar-refractivity contribution >= 4 is 29.1 Å². The first kappa shape index (κ1) is 29.2. The summed E-state index contributed by atoms with van der Waals surface area (Å²) < 4.78 is 0. The molecule has 1 saturated carbocycles. The van der Waals surface area contributed by atoms with Gasteiger partial charge in [0.2, 0.25) is 11.6 Å². The van der Waals surface area contributed by atoms with Crippen LogP contribution in [-0.4, -0.2) is 82.4 Å². The van der Waals surface area contributed by atoms with Gasteiger partial charge < -0.3 is 37.0 Å². The third-order valence-electron chi connectivity index (χ3n) is 8.77. The Labute approximate surface area is 242 Å². The summed E-state index contributed by atoms with van der Waals surface area (Å²) in [6.07, 6.45) is 0.343. The van der Waals surface area contributed by atoms with E-state index in [1.165, 1.54) is 6.07 Å². The van der Waals surface area contributed by atoms with Crippen LogP contribution in [-0.2, 0) is 20.8 Å². The molecule has 42 heavy (non-hydrogen) atoms. The van der Waals surface area contributed by atoms with E-state index in [1.54, 1.807) is 56.3 Å². The van der Waals surface area contributed by atoms with Crippen molar-refractivity contribution in [3.63, 3.8) is 0 Å². The van der Waals surface area contributed by atoms with Crippen molar-refractivity contribution in [2.45, 2.75) is 31.4 Å². The quantitative estimate of drug-likeness (QED) is 0.214. The average Bonchev–Trinajstić information content (AvgIpc) is 2.93. The second-order valence-corrected chi connectivity index (χ2v) is 11.4. The number of amides is 2. The number of nitrogens with one attached hydrogen (secondary N) is 1. The number of nitrogens with two attached hydrogens (primary N) is 2. The van der Waals surface area contributed by atoms with Gasteiger partial charge in [-0.3, -0.25) is 19.2 Å². The standard InChI is InChI=1S/C31H34N4O7/c1-14-22(29(33)40)27(38)31(42)20(25(14)35(2)3)13-17-12-19-18(7-8-21(36)24(19)26(37)23(17)28(31)39)15-5-4-6-16(11-15)30(41)34-10-9-32/h4-8,11,17,20,25,36-37,42H,9-10,12-13,32H2,1-3H3,(H2,33,40)(H,34,41)/t17-,20-,25+,31+/m0/s1. The van der Waals surface area contributed by atoms with E-state index in [9.17, 15) is 34.5 Å². The summed E-state index contributed by atoms with van der Waals surface area (Å²) in [4.78, 5) is 54.2. The van der Waals surface area contributed by atoms with E-state index in [2.05, 4.69) is 5.32 Å². The van der Waals surface area contributed by atoms with Crippen LogP contribution < -0.4 is 16.8 Å². The lowest BCUT2D eigenvalue weighted by molar-refractivity contribution is -0.160. The monoisotopic (exact) mass is 574 g/mol. The highest BCUT2D eigenvalue weighted by atomic mass is 16.3. The molecule has 0 aliphatic heterocycles. The maximum Gasteiger partial charge on any atom is 0.252 e. The van der Waals surface area contributed by atoms with E-state index in [0.717, 1.165) is 0 Å². The number of phenols is 1. The highest BCUT2D eigenvalue weighted by Gasteiger charge is 2.64. The SMILES string of the molecule is CC1=C(C(N)=O)C(=O)[C@@]2(O)C(=O)C3=C(O)c4c(O)ccc(-c5cccc(C(=O)NCCN)c5)c4C[C@H]3C[C@H]2[C@@H]1N(C)C. The molecular weight excluding hydrogens is 540 g/mol. The number of hydrogen-bond acceptors (Lipinski definition) is 9. The minimum Gasteiger partial charge on any atom is -0.507 e. The van der Waals surface area contributed by atoms with E-state index >= 15 is 0 Å². The molecule has 2 aromatic rings. The molecule has 4 atom stereocenters. The molecule has 0 radical (unpaired) electrons. The van der Waals surface area contributed by atoms with Crippen LogP contribution in [0.1, 0.15) is 34.8 Å². The van der Waals surface area contributed by atoms with Gasteiger partial charge in [-0.15, -0.1) is 0 Å². The molecule has 3 aliphatic rings. The van der Waals surface area contributed by atoms with E-state index in [0.29, 0.717) is 40.9 Å². The van der Waals surface area contributed by atoms with E-state index in [-0.39, 0.29) is 35.6 Å². The summed E-state index contributed by atoms with van der Waals surface area (Å²) in [6.45, 7) is 2.20. The second-order valence-electron chi connectivity index (χ2n) is 11.4. The number of likely N-dealkylation sites (N-methyl/N-ethyl adjacent to an activating group) is 1. The van der Waals surface area contributed by atoms with Gasteiger partial charge in [0.25, 0.3) is 11.8 Å². The zero-order chi connectivity index (χ0) is 30.7. The molecule has 0 spiro atoms. The van der Waals surface area contributed by atoms with Crippen molar-refractivity contribution < 1.29 is 34.5 Å². The number of aromatic hydroxyl groups is 1. The molecule has 3 aliphatic carbocycles. The van der Waals surface area contributed by atoms with Gasteiger partial charge in [0.1, 0.15) is 11.5 Å². The Morgan fingerprint density at radius 2 is 1.83 bits per heavy atom. The average molecular weight is 575 g/mol.